The largest absolute Gasteiger partial charge is 0.344 e. The summed E-state index contributed by atoms with van der Waals surface area (Å²) in [6.45, 7) is 0. The van der Waals surface area contributed by atoms with Crippen molar-refractivity contribution in [1.29, 1.82) is 0 Å². The van der Waals surface area contributed by atoms with E-state index in [0.29, 0.717) is 0 Å². The maximum absolute atomic E-state index is 0. The topological polar surface area (TPSA) is 35.0 Å². The third-order valence-electron chi connectivity index (χ3n) is 0. The molecule has 3 N–H and O–H groups in total. The first-order valence-corrected chi connectivity index (χ1v) is 0. The molecule has 0 aliphatic rings. The molecule has 0 rings (SSSR count). The van der Waals surface area contributed by atoms with Crippen molar-refractivity contribution in [1.82, 2.24) is 6.15 Å². The van der Waals surface area contributed by atoms with Crippen LogP contribution >= 0.6 is 0 Å². The molecule has 0 saturated carbocycles. The minimum atomic E-state index is 0. The van der Waals surface area contributed by atoms with Gasteiger partial charge in [-0.1, -0.05) is 7.43 Å². The van der Waals surface area contributed by atoms with E-state index in [1.54, 1.807) is 0 Å². The third kappa shape index (κ3) is 15.7. The van der Waals surface area contributed by atoms with Gasteiger partial charge in [-0.2, -0.15) is 0 Å². The van der Waals surface area contributed by atoms with Crippen LogP contribution in [0.5, 0.6) is 0 Å². The number of hydrogen-bond acceptors (Lipinski definition) is 1. The molecule has 0 fully saturated rings. The van der Waals surface area contributed by atoms with Crippen LogP contribution in [0.15, 0.2) is 0 Å². The molecule has 3 heteroatoms. The quantitative estimate of drug-likeness (QED) is 0.454. The third-order valence-corrected chi connectivity index (χ3v) is 0. The molecule has 0 aliphatic heterocycles. The molecular formula is CH7CrNSi. The Hall–Kier alpha value is 0.709. The second-order valence-corrected chi connectivity index (χ2v) is 0. The van der Waals surface area contributed by atoms with Crippen LogP contribution in [-0.4, -0.2) is 11.0 Å². The van der Waals surface area contributed by atoms with Gasteiger partial charge in [-0.25, -0.2) is 0 Å². The number of hydrogen-bond donors (Lipinski definition) is 1. The van der Waals surface area contributed by atoms with Gasteiger partial charge in [-0.15, -0.1) is 0 Å². The van der Waals surface area contributed by atoms with Crippen molar-refractivity contribution >= 4 is 11.0 Å². The van der Waals surface area contributed by atoms with Gasteiger partial charge in [0, 0.05) is 28.3 Å². The Morgan fingerprint density at radius 1 is 1.00 bits per heavy atom. The minimum absolute atomic E-state index is 0. The summed E-state index contributed by atoms with van der Waals surface area (Å²) in [6, 6.07) is 0. The van der Waals surface area contributed by atoms with Crippen LogP contribution in [0.2, 0.25) is 0 Å². The van der Waals surface area contributed by atoms with Crippen molar-refractivity contribution in [3.8, 4) is 0 Å². The second-order valence-electron chi connectivity index (χ2n) is 0. The summed E-state index contributed by atoms with van der Waals surface area (Å²) >= 11 is 0. The molecule has 0 atom stereocenters. The van der Waals surface area contributed by atoms with Crippen molar-refractivity contribution in [2.45, 2.75) is 7.43 Å². The maximum Gasteiger partial charge on any atom is 0 e. The molecule has 0 spiro atoms. The molecular weight excluding hydrogens is 106 g/mol. The Morgan fingerprint density at radius 2 is 1.00 bits per heavy atom. The van der Waals surface area contributed by atoms with Gasteiger partial charge in [0.25, 0.3) is 0 Å². The molecule has 0 aromatic heterocycles. The van der Waals surface area contributed by atoms with Crippen molar-refractivity contribution in [2.24, 2.45) is 0 Å². The first kappa shape index (κ1) is 129. The monoisotopic (exact) mass is 113 g/mol. The normalized spacial score (nSPS) is 0. The molecule has 0 heterocycles. The Balaban J connectivity index is 0. The molecule has 0 aliphatic carbocycles. The molecule has 4 radical (unpaired) electrons. The van der Waals surface area contributed by atoms with Gasteiger partial charge >= 0.3 is 0 Å². The van der Waals surface area contributed by atoms with Gasteiger partial charge in [-0.3, -0.25) is 0 Å². The van der Waals surface area contributed by atoms with Gasteiger partial charge in [0.1, 0.15) is 0 Å². The predicted molar refractivity (Wildman–Crippen MR) is 17.5 cm³/mol. The van der Waals surface area contributed by atoms with E-state index in [9.17, 15) is 0 Å². The second kappa shape index (κ2) is 54.1. The zero-order chi connectivity index (χ0) is 0. The van der Waals surface area contributed by atoms with E-state index in [0.717, 1.165) is 0 Å². The molecule has 4 heavy (non-hydrogen) atoms. The average molecular weight is 113 g/mol. The summed E-state index contributed by atoms with van der Waals surface area (Å²) in [5.41, 5.74) is 0. The van der Waals surface area contributed by atoms with Crippen LogP contribution in [0, 0.1) is 0 Å². The molecule has 1 nitrogen and oxygen atoms in total. The summed E-state index contributed by atoms with van der Waals surface area (Å²) in [7, 11) is 0. The maximum atomic E-state index is 0. The Morgan fingerprint density at radius 3 is 1.00 bits per heavy atom. The zero-order valence-electron chi connectivity index (χ0n) is 1.62. The average Bonchev–Trinajstić information content (AvgIpc) is 0. The standard InChI is InChI=1S/CH4.Cr.H3N.Si/h1H4;;1H3;. The fourth-order valence-electron chi connectivity index (χ4n) is 0. The van der Waals surface area contributed by atoms with Crippen LogP contribution in [0.25, 0.3) is 0 Å². The fourth-order valence-corrected chi connectivity index (χ4v) is 0. The predicted octanol–water partition coefficient (Wildman–Crippen LogP) is 0.415. The van der Waals surface area contributed by atoms with Crippen LogP contribution in [0.3, 0.4) is 0 Å². The van der Waals surface area contributed by atoms with E-state index in [-0.39, 0.29) is 41.9 Å². The van der Waals surface area contributed by atoms with Crippen molar-refractivity contribution in [2.75, 3.05) is 0 Å². The van der Waals surface area contributed by atoms with Crippen LogP contribution in [-0.2, 0) is 17.4 Å². The molecule has 0 unspecified atom stereocenters. The van der Waals surface area contributed by atoms with Gasteiger partial charge in [0.05, 0.1) is 0 Å². The Bertz CT molecular complexity index is 8.00. The first-order chi connectivity index (χ1) is 0. The van der Waals surface area contributed by atoms with E-state index < -0.39 is 0 Å². The molecule has 0 amide bonds. The summed E-state index contributed by atoms with van der Waals surface area (Å²) in [6.07, 6.45) is 0. The van der Waals surface area contributed by atoms with Gasteiger partial charge in [0.2, 0.25) is 0 Å². The Labute approximate surface area is 42.5 Å². The molecule has 0 saturated heterocycles. The first-order valence-electron chi connectivity index (χ1n) is 0. The Kier molecular flexibility index (Phi) is 1740. The van der Waals surface area contributed by atoms with Crippen molar-refractivity contribution < 1.29 is 17.4 Å². The summed E-state index contributed by atoms with van der Waals surface area (Å²) in [4.78, 5) is 0. The van der Waals surface area contributed by atoms with Crippen molar-refractivity contribution in [3.63, 3.8) is 0 Å². The SMILES string of the molecule is C.N.[Cr].[Si]. The van der Waals surface area contributed by atoms with E-state index in [1.807, 2.05) is 0 Å². The smallest absolute Gasteiger partial charge is 0 e. The molecule has 0 aromatic carbocycles. The van der Waals surface area contributed by atoms with Crippen LogP contribution in [0.4, 0.5) is 0 Å². The summed E-state index contributed by atoms with van der Waals surface area (Å²) < 4.78 is 0. The number of rotatable bonds is 0. The van der Waals surface area contributed by atoms with Gasteiger partial charge in [-0.05, 0) is 0 Å². The summed E-state index contributed by atoms with van der Waals surface area (Å²) in [5.74, 6) is 0. The van der Waals surface area contributed by atoms with Gasteiger partial charge < -0.3 is 6.15 Å². The van der Waals surface area contributed by atoms with E-state index in [1.165, 1.54) is 0 Å². The molecule has 0 aromatic rings. The molecule has 26 valence electrons. The molecule has 0 bridgehead atoms. The fraction of sp³-hybridized carbons (Fsp3) is 1.00. The van der Waals surface area contributed by atoms with Crippen LogP contribution in [0.1, 0.15) is 7.43 Å². The minimum Gasteiger partial charge on any atom is -0.344 e. The zero-order valence-corrected chi connectivity index (χ0v) is 3.89. The summed E-state index contributed by atoms with van der Waals surface area (Å²) in [5, 5.41) is 0. The van der Waals surface area contributed by atoms with Gasteiger partial charge in [0.15, 0.2) is 0 Å². The van der Waals surface area contributed by atoms with E-state index in [4.69, 9.17) is 0 Å². The van der Waals surface area contributed by atoms with E-state index in [2.05, 4.69) is 0 Å². The van der Waals surface area contributed by atoms with Crippen LogP contribution < -0.4 is 6.15 Å². The van der Waals surface area contributed by atoms with E-state index >= 15 is 0 Å². The van der Waals surface area contributed by atoms with Crippen molar-refractivity contribution in [3.05, 3.63) is 0 Å².